The van der Waals surface area contributed by atoms with Crippen molar-refractivity contribution >= 4 is 5.70 Å². The van der Waals surface area contributed by atoms with Crippen molar-refractivity contribution in [3.63, 3.8) is 0 Å². The normalized spacial score (nSPS) is 12.4. The van der Waals surface area contributed by atoms with E-state index in [4.69, 9.17) is 4.98 Å². The first-order valence-corrected chi connectivity index (χ1v) is 18.7. The van der Waals surface area contributed by atoms with E-state index in [0.717, 1.165) is 68.1 Å². The van der Waals surface area contributed by atoms with E-state index in [1.54, 1.807) is 0 Å². The van der Waals surface area contributed by atoms with Gasteiger partial charge in [-0.1, -0.05) is 158 Å². The summed E-state index contributed by atoms with van der Waals surface area (Å²) >= 11 is 0. The summed E-state index contributed by atoms with van der Waals surface area (Å²) in [4.78, 5) is 12.1. The predicted octanol–water partition coefficient (Wildman–Crippen LogP) is 13.0. The van der Waals surface area contributed by atoms with Gasteiger partial charge in [0, 0.05) is 42.2 Å². The van der Waals surface area contributed by atoms with E-state index in [0.29, 0.717) is 0 Å². The molecule has 3 nitrogen and oxygen atoms in total. The fourth-order valence-corrected chi connectivity index (χ4v) is 7.31. The smallest absolute Gasteiger partial charge is 0.0715 e. The Morgan fingerprint density at radius 1 is 0.382 bits per heavy atom. The Balaban J connectivity index is 1.09. The molecule has 262 valence electrons. The lowest BCUT2D eigenvalue weighted by molar-refractivity contribution is 0.531. The van der Waals surface area contributed by atoms with Crippen LogP contribution in [0, 0.1) is 0 Å². The molecule has 0 unspecified atom stereocenters. The fourth-order valence-electron chi connectivity index (χ4n) is 7.31. The van der Waals surface area contributed by atoms with Gasteiger partial charge in [-0.05, 0) is 92.5 Å². The minimum Gasteiger partial charge on any atom is -0.370 e. The van der Waals surface area contributed by atoms with Crippen molar-refractivity contribution in [2.45, 2.75) is 0 Å². The highest BCUT2D eigenvalue weighted by Crippen LogP contribution is 2.35. The van der Waals surface area contributed by atoms with E-state index in [2.05, 4.69) is 199 Å². The highest BCUT2D eigenvalue weighted by Gasteiger charge is 2.13. The number of hydrogen-bond donors (Lipinski definition) is 0. The van der Waals surface area contributed by atoms with Gasteiger partial charge < -0.3 is 4.90 Å². The van der Waals surface area contributed by atoms with Gasteiger partial charge in [-0.3, -0.25) is 4.98 Å². The summed E-state index contributed by atoms with van der Waals surface area (Å²) in [6, 6.07) is 64.8. The van der Waals surface area contributed by atoms with Gasteiger partial charge in [0.2, 0.25) is 0 Å². The molecule has 0 saturated heterocycles. The summed E-state index contributed by atoms with van der Waals surface area (Å²) < 4.78 is 0. The Labute approximate surface area is 323 Å². The quantitative estimate of drug-likeness (QED) is 0.158. The van der Waals surface area contributed by atoms with Gasteiger partial charge in [-0.15, -0.1) is 0 Å². The zero-order chi connectivity index (χ0) is 37.0. The summed E-state index contributed by atoms with van der Waals surface area (Å²) in [5.74, 6) is 0. The maximum atomic E-state index is 5.31. The maximum Gasteiger partial charge on any atom is 0.0715 e. The monoisotopic (exact) mass is 705 g/mol. The van der Waals surface area contributed by atoms with Crippen LogP contribution in [0.2, 0.25) is 0 Å². The molecule has 55 heavy (non-hydrogen) atoms. The van der Waals surface area contributed by atoms with E-state index < -0.39 is 0 Å². The summed E-state index contributed by atoms with van der Waals surface area (Å²) in [6.45, 7) is 0.922. The summed E-state index contributed by atoms with van der Waals surface area (Å²) in [5, 5.41) is 0. The van der Waals surface area contributed by atoms with E-state index in [-0.39, 0.29) is 0 Å². The molecule has 0 N–H and O–H groups in total. The van der Waals surface area contributed by atoms with Crippen LogP contribution < -0.4 is 0 Å². The molecule has 1 aliphatic rings. The zero-order valence-corrected chi connectivity index (χ0v) is 30.7. The van der Waals surface area contributed by atoms with Gasteiger partial charge in [0.1, 0.15) is 0 Å². The minimum atomic E-state index is 0.922. The van der Waals surface area contributed by atoms with Crippen molar-refractivity contribution in [3.05, 3.63) is 212 Å². The number of rotatable bonds is 8. The van der Waals surface area contributed by atoms with Gasteiger partial charge in [-0.25, -0.2) is 4.98 Å². The second-order valence-corrected chi connectivity index (χ2v) is 14.0. The highest BCUT2D eigenvalue weighted by molar-refractivity contribution is 5.82. The predicted molar refractivity (Wildman–Crippen MR) is 230 cm³/mol. The third kappa shape index (κ3) is 7.29. The van der Waals surface area contributed by atoms with Crippen LogP contribution in [0.3, 0.4) is 0 Å². The van der Waals surface area contributed by atoms with Gasteiger partial charge in [0.15, 0.2) is 0 Å². The molecule has 9 rings (SSSR count). The molecule has 0 aliphatic carbocycles. The van der Waals surface area contributed by atoms with Crippen molar-refractivity contribution in [2.75, 3.05) is 13.6 Å². The van der Waals surface area contributed by atoms with Crippen LogP contribution in [0.15, 0.2) is 206 Å². The standard InChI is InChI=1S/C52H39N3/c1-55-32-8-6-18-52(55)43-29-23-40(24-30-43)45-14-10-16-47(34-45)51-36-48(35-50(54-51)42-27-19-38(20-28-42)37-11-3-2-4-12-37)46-15-9-13-44(33-46)39-21-25-41(26-22-39)49-17-5-7-31-53-49/h2-31,33-36H,32H2,1H3. The lowest BCUT2D eigenvalue weighted by Crippen LogP contribution is -2.18. The zero-order valence-electron chi connectivity index (χ0n) is 30.7. The lowest BCUT2D eigenvalue weighted by Gasteiger charge is -2.23. The van der Waals surface area contributed by atoms with E-state index in [1.165, 1.54) is 28.0 Å². The first kappa shape index (κ1) is 33.7. The Bertz CT molecular complexity index is 2640. The second-order valence-electron chi connectivity index (χ2n) is 14.0. The topological polar surface area (TPSA) is 29.0 Å². The number of pyridine rings is 2. The Morgan fingerprint density at radius 2 is 0.855 bits per heavy atom. The van der Waals surface area contributed by atoms with Crippen LogP contribution in [0.5, 0.6) is 0 Å². The minimum absolute atomic E-state index is 0.922. The average molecular weight is 706 g/mol. The van der Waals surface area contributed by atoms with Crippen LogP contribution in [0.25, 0.3) is 84.0 Å². The molecule has 0 atom stereocenters. The molecule has 0 spiro atoms. The second kappa shape index (κ2) is 15.1. The molecular formula is C52H39N3. The fraction of sp³-hybridized carbons (Fsp3) is 0.0385. The van der Waals surface area contributed by atoms with Crippen molar-refractivity contribution in [2.24, 2.45) is 0 Å². The Morgan fingerprint density at radius 3 is 1.47 bits per heavy atom. The van der Waals surface area contributed by atoms with Crippen LogP contribution in [-0.2, 0) is 0 Å². The third-order valence-electron chi connectivity index (χ3n) is 10.3. The van der Waals surface area contributed by atoms with Crippen molar-refractivity contribution in [3.8, 4) is 78.3 Å². The number of nitrogens with zero attached hydrogens (tertiary/aromatic N) is 3. The van der Waals surface area contributed by atoms with Gasteiger partial charge in [0.25, 0.3) is 0 Å². The Kier molecular flexibility index (Phi) is 9.26. The number of benzene rings is 6. The van der Waals surface area contributed by atoms with Crippen LogP contribution in [0.4, 0.5) is 0 Å². The average Bonchev–Trinajstić information content (AvgIpc) is 3.27. The molecule has 2 aromatic heterocycles. The SMILES string of the molecule is CN1CC=CC=C1c1ccc(-c2cccc(-c3cc(-c4cccc(-c5ccc(-c6ccccn6)cc5)c4)cc(-c4ccc(-c5ccccc5)cc4)n3)c2)cc1. The molecule has 0 bridgehead atoms. The van der Waals surface area contributed by atoms with Crippen molar-refractivity contribution < 1.29 is 0 Å². The number of likely N-dealkylation sites (N-methyl/N-ethyl adjacent to an activating group) is 1. The molecule has 0 saturated carbocycles. The van der Waals surface area contributed by atoms with Crippen LogP contribution in [0.1, 0.15) is 5.56 Å². The molecule has 6 aromatic carbocycles. The third-order valence-corrected chi connectivity index (χ3v) is 10.3. The molecule has 1 aliphatic heterocycles. The van der Waals surface area contributed by atoms with Gasteiger partial charge in [0.05, 0.1) is 17.1 Å². The molecule has 0 fully saturated rings. The molecule has 0 radical (unpaired) electrons. The van der Waals surface area contributed by atoms with Gasteiger partial charge >= 0.3 is 0 Å². The summed E-state index contributed by atoms with van der Waals surface area (Å²) in [6.07, 6.45) is 8.33. The first-order valence-electron chi connectivity index (χ1n) is 18.7. The first-order chi connectivity index (χ1) is 27.1. The maximum absolute atomic E-state index is 5.31. The summed E-state index contributed by atoms with van der Waals surface area (Å²) in [7, 11) is 2.14. The molecule has 3 heterocycles. The van der Waals surface area contributed by atoms with Crippen molar-refractivity contribution in [1.29, 1.82) is 0 Å². The molecular weight excluding hydrogens is 667 g/mol. The highest BCUT2D eigenvalue weighted by atomic mass is 15.1. The van der Waals surface area contributed by atoms with Gasteiger partial charge in [-0.2, -0.15) is 0 Å². The number of hydrogen-bond acceptors (Lipinski definition) is 3. The largest absolute Gasteiger partial charge is 0.370 e. The van der Waals surface area contributed by atoms with Crippen molar-refractivity contribution in [1.82, 2.24) is 14.9 Å². The Hall–Kier alpha value is -7.10. The van der Waals surface area contributed by atoms with E-state index >= 15 is 0 Å². The van der Waals surface area contributed by atoms with E-state index in [9.17, 15) is 0 Å². The summed E-state index contributed by atoms with van der Waals surface area (Å²) in [5.41, 5.74) is 17.9. The van der Waals surface area contributed by atoms with E-state index in [1.807, 2.05) is 24.4 Å². The number of aromatic nitrogens is 2. The molecule has 8 aromatic rings. The number of allylic oxidation sites excluding steroid dienone is 2. The van der Waals surface area contributed by atoms with Crippen LogP contribution in [-0.4, -0.2) is 28.5 Å². The molecule has 0 amide bonds. The lowest BCUT2D eigenvalue weighted by atomic mass is 9.95. The van der Waals surface area contributed by atoms with Crippen LogP contribution >= 0.6 is 0 Å². The molecule has 3 heteroatoms.